The van der Waals surface area contributed by atoms with Crippen molar-refractivity contribution in [2.24, 2.45) is 5.92 Å². The van der Waals surface area contributed by atoms with Crippen molar-refractivity contribution in [1.29, 1.82) is 0 Å². The van der Waals surface area contributed by atoms with Crippen LogP contribution in [0.3, 0.4) is 0 Å². The van der Waals surface area contributed by atoms with E-state index in [-0.39, 0.29) is 17.1 Å². The van der Waals surface area contributed by atoms with Gasteiger partial charge < -0.3 is 23.5 Å². The number of aryl methyl sites for hydroxylation is 2. The summed E-state index contributed by atoms with van der Waals surface area (Å²) in [5.41, 5.74) is 4.22. The smallest absolute Gasteiger partial charge is 0.290 e. The molecule has 2 heterocycles. The maximum absolute atomic E-state index is 14.1. The molecule has 4 aromatic rings. The summed E-state index contributed by atoms with van der Waals surface area (Å²) >= 11 is 0. The maximum atomic E-state index is 14.1. The van der Waals surface area contributed by atoms with Gasteiger partial charge in [-0.25, -0.2) is 0 Å². The molecule has 7 heteroatoms. The molecule has 7 nitrogen and oxygen atoms in total. The van der Waals surface area contributed by atoms with Crippen LogP contribution >= 0.6 is 0 Å². The Labute approximate surface area is 240 Å². The van der Waals surface area contributed by atoms with Gasteiger partial charge in [0.2, 0.25) is 5.76 Å². The van der Waals surface area contributed by atoms with Crippen molar-refractivity contribution in [3.05, 3.63) is 98.4 Å². The second-order valence-electron chi connectivity index (χ2n) is 11.1. The lowest BCUT2D eigenvalue weighted by atomic mass is 9.96. The summed E-state index contributed by atoms with van der Waals surface area (Å²) < 4.78 is 23.2. The van der Waals surface area contributed by atoms with E-state index in [0.717, 1.165) is 34.4 Å². The summed E-state index contributed by atoms with van der Waals surface area (Å²) in [5, 5.41) is 0.504. The van der Waals surface area contributed by atoms with Crippen LogP contribution in [-0.2, 0) is 6.42 Å². The first-order chi connectivity index (χ1) is 19.7. The Morgan fingerprint density at radius 2 is 1.68 bits per heavy atom. The zero-order chi connectivity index (χ0) is 29.3. The molecule has 5 rings (SSSR count). The molecule has 41 heavy (non-hydrogen) atoms. The lowest BCUT2D eigenvalue weighted by Gasteiger charge is -2.26. The second-order valence-corrected chi connectivity index (χ2v) is 11.1. The van der Waals surface area contributed by atoms with Crippen molar-refractivity contribution < 1.29 is 23.4 Å². The number of nitrogens with zero attached hydrogens (tertiary/aromatic N) is 1. The van der Waals surface area contributed by atoms with E-state index in [0.29, 0.717) is 53.5 Å². The van der Waals surface area contributed by atoms with Gasteiger partial charge in [0, 0.05) is 6.54 Å². The van der Waals surface area contributed by atoms with Gasteiger partial charge >= 0.3 is 0 Å². The molecule has 1 unspecified atom stereocenters. The van der Waals surface area contributed by atoms with Crippen LogP contribution in [-0.4, -0.2) is 38.2 Å². The molecule has 0 fully saturated rings. The van der Waals surface area contributed by atoms with E-state index in [1.54, 1.807) is 19.1 Å². The Morgan fingerprint density at radius 1 is 0.927 bits per heavy atom. The number of hydrogen-bond donors (Lipinski definition) is 0. The molecule has 0 saturated carbocycles. The molecule has 0 N–H and O–H groups in total. The molecule has 0 aliphatic carbocycles. The summed E-state index contributed by atoms with van der Waals surface area (Å²) in [6.07, 6.45) is 1.51. The minimum atomic E-state index is -0.629. The molecule has 1 aliphatic rings. The number of carbonyl (C=O) groups excluding carboxylic acids is 1. The molecule has 214 valence electrons. The van der Waals surface area contributed by atoms with Crippen LogP contribution in [0.1, 0.15) is 64.7 Å². The van der Waals surface area contributed by atoms with E-state index >= 15 is 0 Å². The van der Waals surface area contributed by atoms with Gasteiger partial charge in [-0.3, -0.25) is 9.59 Å². The minimum Gasteiger partial charge on any atom is -0.497 e. The number of ether oxygens (including phenoxy) is 3. The van der Waals surface area contributed by atoms with E-state index < -0.39 is 6.04 Å². The monoisotopic (exact) mass is 555 g/mol. The van der Waals surface area contributed by atoms with Crippen molar-refractivity contribution in [1.82, 2.24) is 4.90 Å². The lowest BCUT2D eigenvalue weighted by molar-refractivity contribution is 0.0730. The molecular formula is C34H37NO6. The number of rotatable bonds is 10. The van der Waals surface area contributed by atoms with Gasteiger partial charge in [-0.15, -0.1) is 0 Å². The van der Waals surface area contributed by atoms with E-state index in [9.17, 15) is 9.59 Å². The molecule has 1 aliphatic heterocycles. The SMILES string of the molecule is COc1ccc(CCN2C(=O)c3oc4cc(C)cc(C)c4c(=O)c3C2c2ccc(OCCC(C)C)c(OC)c2)cc1. The summed E-state index contributed by atoms with van der Waals surface area (Å²) in [4.78, 5) is 29.7. The number of fused-ring (bicyclic) bond motifs is 2. The maximum Gasteiger partial charge on any atom is 0.290 e. The average Bonchev–Trinajstić information content (AvgIpc) is 3.23. The highest BCUT2D eigenvalue weighted by atomic mass is 16.5. The summed E-state index contributed by atoms with van der Waals surface area (Å²) in [6, 6.07) is 16.6. The Bertz CT molecular complexity index is 1640. The van der Waals surface area contributed by atoms with E-state index in [2.05, 4.69) is 13.8 Å². The Hall–Kier alpha value is -4.26. The highest BCUT2D eigenvalue weighted by Gasteiger charge is 2.43. The van der Waals surface area contributed by atoms with Crippen molar-refractivity contribution in [3.63, 3.8) is 0 Å². The summed E-state index contributed by atoms with van der Waals surface area (Å²) in [7, 11) is 3.23. The fourth-order valence-corrected chi connectivity index (χ4v) is 5.51. The quantitative estimate of drug-likeness (QED) is 0.218. The van der Waals surface area contributed by atoms with Crippen molar-refractivity contribution in [2.75, 3.05) is 27.4 Å². The van der Waals surface area contributed by atoms with Crippen LogP contribution in [0.2, 0.25) is 0 Å². The molecule has 0 saturated heterocycles. The van der Waals surface area contributed by atoms with Crippen LogP contribution in [0.25, 0.3) is 11.0 Å². The predicted octanol–water partition coefficient (Wildman–Crippen LogP) is 6.64. The standard InChI is InChI=1S/C34H37NO6/c1-20(2)14-16-40-26-12-9-24(19-27(26)39-6)31-30-32(36)29-22(4)17-21(3)18-28(29)41-33(30)34(37)35(31)15-13-23-7-10-25(38-5)11-8-23/h7-12,17-20,31H,13-16H2,1-6H3. The van der Waals surface area contributed by atoms with Crippen LogP contribution in [0.15, 0.2) is 63.8 Å². The molecule has 1 aromatic heterocycles. The van der Waals surface area contributed by atoms with E-state index in [1.807, 2.05) is 68.4 Å². The third-order valence-electron chi connectivity index (χ3n) is 7.67. The topological polar surface area (TPSA) is 78.2 Å². The molecule has 1 atom stereocenters. The van der Waals surface area contributed by atoms with Gasteiger partial charge in [0.05, 0.1) is 37.8 Å². The van der Waals surface area contributed by atoms with Crippen LogP contribution in [0, 0.1) is 19.8 Å². The molecule has 1 amide bonds. The Balaban J connectivity index is 1.59. The van der Waals surface area contributed by atoms with Crippen LogP contribution in [0.5, 0.6) is 17.2 Å². The lowest BCUT2D eigenvalue weighted by Crippen LogP contribution is -2.31. The van der Waals surface area contributed by atoms with E-state index in [1.165, 1.54) is 0 Å². The van der Waals surface area contributed by atoms with Gasteiger partial charge in [0.15, 0.2) is 16.9 Å². The highest BCUT2D eigenvalue weighted by molar-refractivity contribution is 5.99. The third-order valence-corrected chi connectivity index (χ3v) is 7.67. The highest BCUT2D eigenvalue weighted by Crippen LogP contribution is 2.41. The number of carbonyl (C=O) groups is 1. The third kappa shape index (κ3) is 5.53. The minimum absolute atomic E-state index is 0.100. The molecule has 0 radical (unpaired) electrons. The van der Waals surface area contributed by atoms with Crippen molar-refractivity contribution in [2.45, 2.75) is 46.6 Å². The fraction of sp³-hybridized carbons (Fsp3) is 0.353. The number of amides is 1. The number of benzene rings is 3. The van der Waals surface area contributed by atoms with E-state index in [4.69, 9.17) is 18.6 Å². The van der Waals surface area contributed by atoms with Gasteiger partial charge in [-0.1, -0.05) is 38.1 Å². The summed E-state index contributed by atoms with van der Waals surface area (Å²) in [6.45, 7) is 9.11. The molecule has 0 bridgehead atoms. The number of methoxy groups -OCH3 is 2. The van der Waals surface area contributed by atoms with Gasteiger partial charge in [-0.05, 0) is 85.2 Å². The first-order valence-corrected chi connectivity index (χ1v) is 14.0. The first-order valence-electron chi connectivity index (χ1n) is 14.0. The van der Waals surface area contributed by atoms with Gasteiger partial charge in [0.25, 0.3) is 5.91 Å². The predicted molar refractivity (Wildman–Crippen MR) is 159 cm³/mol. The summed E-state index contributed by atoms with van der Waals surface area (Å²) in [5.74, 6) is 2.27. The molecular weight excluding hydrogens is 518 g/mol. The van der Waals surface area contributed by atoms with Gasteiger partial charge in [-0.2, -0.15) is 0 Å². The average molecular weight is 556 g/mol. The molecule has 3 aromatic carbocycles. The fourth-order valence-electron chi connectivity index (χ4n) is 5.51. The number of hydrogen-bond acceptors (Lipinski definition) is 6. The van der Waals surface area contributed by atoms with Crippen LogP contribution in [0.4, 0.5) is 0 Å². The van der Waals surface area contributed by atoms with Gasteiger partial charge in [0.1, 0.15) is 11.3 Å². The molecule has 0 spiro atoms. The first kappa shape index (κ1) is 28.3. The Kier molecular flexibility index (Phi) is 8.06. The zero-order valence-electron chi connectivity index (χ0n) is 24.6. The largest absolute Gasteiger partial charge is 0.497 e. The Morgan fingerprint density at radius 3 is 2.37 bits per heavy atom. The zero-order valence-corrected chi connectivity index (χ0v) is 24.6. The second kappa shape index (κ2) is 11.7. The normalized spacial score (nSPS) is 14.6. The van der Waals surface area contributed by atoms with Crippen molar-refractivity contribution >= 4 is 16.9 Å². The van der Waals surface area contributed by atoms with Crippen molar-refractivity contribution in [3.8, 4) is 17.2 Å². The van der Waals surface area contributed by atoms with Crippen LogP contribution < -0.4 is 19.6 Å².